The van der Waals surface area contributed by atoms with E-state index in [1.807, 2.05) is 0 Å². The molecule has 0 aliphatic rings. The Labute approximate surface area is 159 Å². The first kappa shape index (κ1) is 20.6. The Morgan fingerprint density at radius 1 is 1.04 bits per heavy atom. The molecular formula is C19H23NO6S. The van der Waals surface area contributed by atoms with E-state index in [9.17, 15) is 13.2 Å². The minimum atomic E-state index is -4.03. The maximum Gasteiger partial charge on any atom is 0.327 e. The summed E-state index contributed by atoms with van der Waals surface area (Å²) in [7, 11) is -1.12. The Morgan fingerprint density at radius 2 is 1.70 bits per heavy atom. The van der Waals surface area contributed by atoms with Crippen LogP contribution in [0.3, 0.4) is 0 Å². The van der Waals surface area contributed by atoms with Gasteiger partial charge in [0.1, 0.15) is 18.0 Å². The minimum Gasteiger partial charge on any atom is -0.497 e. The van der Waals surface area contributed by atoms with Crippen molar-refractivity contribution in [1.29, 1.82) is 0 Å². The van der Waals surface area contributed by atoms with Crippen molar-refractivity contribution < 1.29 is 27.4 Å². The summed E-state index contributed by atoms with van der Waals surface area (Å²) in [5, 5.41) is 0. The average Bonchev–Trinajstić information content (AvgIpc) is 2.65. The van der Waals surface area contributed by atoms with Crippen molar-refractivity contribution >= 4 is 21.7 Å². The van der Waals surface area contributed by atoms with Crippen molar-refractivity contribution in [2.24, 2.45) is 0 Å². The van der Waals surface area contributed by atoms with Crippen molar-refractivity contribution in [2.75, 3.05) is 25.1 Å². The Morgan fingerprint density at radius 3 is 2.26 bits per heavy atom. The predicted molar refractivity (Wildman–Crippen MR) is 102 cm³/mol. The van der Waals surface area contributed by atoms with Crippen molar-refractivity contribution in [3.8, 4) is 11.5 Å². The number of nitrogens with zero attached hydrogens (tertiary/aromatic N) is 1. The standard InChI is InChI=1S/C19H23NO6S/c1-14(2)26-19(21)13-20(27(22,23)16-8-6-5-7-9-16)17-11-10-15(24-3)12-18(17)25-4/h5-12,14H,13H2,1-4H3. The van der Waals surface area contributed by atoms with Crippen molar-refractivity contribution in [3.63, 3.8) is 0 Å². The van der Waals surface area contributed by atoms with Gasteiger partial charge < -0.3 is 14.2 Å². The first-order valence-electron chi connectivity index (χ1n) is 8.29. The van der Waals surface area contributed by atoms with Crippen LogP contribution in [0.25, 0.3) is 0 Å². The third-order valence-corrected chi connectivity index (χ3v) is 5.40. The van der Waals surface area contributed by atoms with Gasteiger partial charge in [0.25, 0.3) is 10.0 Å². The van der Waals surface area contributed by atoms with E-state index in [0.717, 1.165) is 4.31 Å². The molecule has 0 spiro atoms. The number of rotatable bonds is 8. The van der Waals surface area contributed by atoms with Crippen LogP contribution in [0.2, 0.25) is 0 Å². The highest BCUT2D eigenvalue weighted by molar-refractivity contribution is 7.92. The van der Waals surface area contributed by atoms with Gasteiger partial charge in [0.15, 0.2) is 0 Å². The maximum absolute atomic E-state index is 13.2. The monoisotopic (exact) mass is 393 g/mol. The number of sulfonamides is 1. The van der Waals surface area contributed by atoms with Gasteiger partial charge in [-0.1, -0.05) is 18.2 Å². The molecule has 8 heteroatoms. The second-order valence-electron chi connectivity index (χ2n) is 5.90. The highest BCUT2D eigenvalue weighted by Gasteiger charge is 2.30. The van der Waals surface area contributed by atoms with Crippen molar-refractivity contribution in [3.05, 3.63) is 48.5 Å². The van der Waals surface area contributed by atoms with Gasteiger partial charge >= 0.3 is 5.97 Å². The van der Waals surface area contributed by atoms with E-state index in [1.165, 1.54) is 32.4 Å². The summed E-state index contributed by atoms with van der Waals surface area (Å²) in [6.07, 6.45) is -0.364. The Balaban J connectivity index is 2.55. The van der Waals surface area contributed by atoms with Gasteiger partial charge in [-0.3, -0.25) is 9.10 Å². The lowest BCUT2D eigenvalue weighted by atomic mass is 10.2. The van der Waals surface area contributed by atoms with E-state index >= 15 is 0 Å². The van der Waals surface area contributed by atoms with E-state index in [2.05, 4.69) is 0 Å². The second-order valence-corrected chi connectivity index (χ2v) is 7.76. The molecule has 146 valence electrons. The van der Waals surface area contributed by atoms with Gasteiger partial charge in [-0.2, -0.15) is 0 Å². The average molecular weight is 393 g/mol. The highest BCUT2D eigenvalue weighted by Crippen LogP contribution is 2.35. The predicted octanol–water partition coefficient (Wildman–Crippen LogP) is 2.85. The molecule has 0 unspecified atom stereocenters. The van der Waals surface area contributed by atoms with Crippen LogP contribution in [0.4, 0.5) is 5.69 Å². The van der Waals surface area contributed by atoms with Crippen LogP contribution in [0.5, 0.6) is 11.5 Å². The molecule has 0 bridgehead atoms. The molecule has 0 saturated carbocycles. The molecule has 7 nitrogen and oxygen atoms in total. The van der Waals surface area contributed by atoms with Gasteiger partial charge in [-0.25, -0.2) is 8.42 Å². The minimum absolute atomic E-state index is 0.0558. The van der Waals surface area contributed by atoms with E-state index < -0.39 is 22.5 Å². The molecule has 0 fully saturated rings. The van der Waals surface area contributed by atoms with Crippen molar-refractivity contribution in [1.82, 2.24) is 0 Å². The molecule has 0 aliphatic heterocycles. The lowest BCUT2D eigenvalue weighted by molar-refractivity contribution is -0.145. The summed E-state index contributed by atoms with van der Waals surface area (Å²) in [5.74, 6) is 0.0889. The summed E-state index contributed by atoms with van der Waals surface area (Å²) in [5.41, 5.74) is 0.211. The Hall–Kier alpha value is -2.74. The zero-order valence-electron chi connectivity index (χ0n) is 15.7. The van der Waals surface area contributed by atoms with Gasteiger partial charge in [0, 0.05) is 6.07 Å². The molecule has 0 aliphatic carbocycles. The zero-order chi connectivity index (χ0) is 20.0. The first-order valence-corrected chi connectivity index (χ1v) is 9.73. The molecule has 0 amide bonds. The number of hydrogen-bond donors (Lipinski definition) is 0. The summed E-state index contributed by atoms with van der Waals surface area (Å²) in [4.78, 5) is 12.3. The molecule has 0 heterocycles. The fraction of sp³-hybridized carbons (Fsp3) is 0.316. The SMILES string of the molecule is COc1ccc(N(CC(=O)OC(C)C)S(=O)(=O)c2ccccc2)c(OC)c1. The number of hydrogen-bond acceptors (Lipinski definition) is 6. The fourth-order valence-corrected chi connectivity index (χ4v) is 3.87. The van der Waals surface area contributed by atoms with Crippen LogP contribution >= 0.6 is 0 Å². The van der Waals surface area contributed by atoms with Crippen LogP contribution in [-0.4, -0.2) is 41.3 Å². The lowest BCUT2D eigenvalue weighted by Gasteiger charge is -2.26. The molecular weight excluding hydrogens is 370 g/mol. The quantitative estimate of drug-likeness (QED) is 0.642. The highest BCUT2D eigenvalue weighted by atomic mass is 32.2. The summed E-state index contributed by atoms with van der Waals surface area (Å²) in [6.45, 7) is 2.90. The lowest BCUT2D eigenvalue weighted by Crippen LogP contribution is -2.37. The molecule has 2 aromatic rings. The Bertz CT molecular complexity index is 880. The third kappa shape index (κ3) is 4.91. The molecule has 0 saturated heterocycles. The fourth-order valence-electron chi connectivity index (χ4n) is 2.43. The number of methoxy groups -OCH3 is 2. The van der Waals surface area contributed by atoms with Crippen LogP contribution in [0.15, 0.2) is 53.4 Å². The number of anilines is 1. The third-order valence-electron chi connectivity index (χ3n) is 3.63. The molecule has 2 rings (SSSR count). The molecule has 0 N–H and O–H groups in total. The van der Waals surface area contributed by atoms with Gasteiger partial charge in [-0.05, 0) is 38.1 Å². The Kier molecular flexibility index (Phi) is 6.68. The zero-order valence-corrected chi connectivity index (χ0v) is 16.5. The number of ether oxygens (including phenoxy) is 3. The largest absolute Gasteiger partial charge is 0.497 e. The van der Waals surface area contributed by atoms with Crippen LogP contribution < -0.4 is 13.8 Å². The molecule has 0 aromatic heterocycles. The molecule has 2 aromatic carbocycles. The topological polar surface area (TPSA) is 82.1 Å². The molecule has 0 radical (unpaired) electrons. The summed E-state index contributed by atoms with van der Waals surface area (Å²) < 4.78 is 43.0. The normalized spacial score (nSPS) is 11.1. The van der Waals surface area contributed by atoms with E-state index in [-0.39, 0.29) is 22.4 Å². The maximum atomic E-state index is 13.2. The van der Waals surface area contributed by atoms with Crippen LogP contribution in [-0.2, 0) is 19.6 Å². The second kappa shape index (κ2) is 8.77. The van der Waals surface area contributed by atoms with E-state index in [1.54, 1.807) is 44.2 Å². The van der Waals surface area contributed by atoms with E-state index in [4.69, 9.17) is 14.2 Å². The first-order chi connectivity index (χ1) is 12.8. The van der Waals surface area contributed by atoms with Gasteiger partial charge in [-0.15, -0.1) is 0 Å². The number of benzene rings is 2. The summed E-state index contributed by atoms with van der Waals surface area (Å²) >= 11 is 0. The van der Waals surface area contributed by atoms with Crippen molar-refractivity contribution in [2.45, 2.75) is 24.8 Å². The molecule has 27 heavy (non-hydrogen) atoms. The van der Waals surface area contributed by atoms with Crippen LogP contribution in [0.1, 0.15) is 13.8 Å². The smallest absolute Gasteiger partial charge is 0.327 e. The van der Waals surface area contributed by atoms with E-state index in [0.29, 0.717) is 5.75 Å². The van der Waals surface area contributed by atoms with Gasteiger partial charge in [0.2, 0.25) is 0 Å². The number of carbonyl (C=O) groups excluding carboxylic acids is 1. The van der Waals surface area contributed by atoms with Gasteiger partial charge in [0.05, 0.1) is 30.9 Å². The molecule has 0 atom stereocenters. The summed E-state index contributed by atoms with van der Waals surface area (Å²) in [6, 6.07) is 12.5. The number of carbonyl (C=O) groups is 1. The van der Waals surface area contributed by atoms with Crippen LogP contribution in [0, 0.1) is 0 Å². The number of esters is 1.